The minimum absolute atomic E-state index is 0.0335. The predicted octanol–water partition coefficient (Wildman–Crippen LogP) is -1.52. The molecule has 0 spiro atoms. The predicted molar refractivity (Wildman–Crippen MR) is 65.4 cm³/mol. The van der Waals surface area contributed by atoms with Gasteiger partial charge in [-0.15, -0.1) is 0 Å². The first-order chi connectivity index (χ1) is 8.23. The summed E-state index contributed by atoms with van der Waals surface area (Å²) in [5.41, 5.74) is 0. The molecular formula is C12H24N2O4. The summed E-state index contributed by atoms with van der Waals surface area (Å²) < 4.78 is 0.687. The Morgan fingerprint density at radius 2 is 1.94 bits per heavy atom. The lowest BCUT2D eigenvalue weighted by molar-refractivity contribution is -0.893. The average molecular weight is 260 g/mol. The number of carboxylic acid groups (broad SMARTS) is 1. The van der Waals surface area contributed by atoms with Gasteiger partial charge in [-0.25, -0.2) is 0 Å². The van der Waals surface area contributed by atoms with Crippen LogP contribution >= 0.6 is 0 Å². The van der Waals surface area contributed by atoms with Gasteiger partial charge in [0, 0.05) is 25.4 Å². The van der Waals surface area contributed by atoms with E-state index in [1.165, 1.54) is 0 Å². The van der Waals surface area contributed by atoms with Crippen LogP contribution in [0.1, 0.15) is 26.2 Å². The normalized spacial score (nSPS) is 13.1. The fraction of sp³-hybridized carbons (Fsp3) is 0.833. The van der Waals surface area contributed by atoms with Gasteiger partial charge >= 0.3 is 0 Å². The maximum Gasteiger partial charge on any atom is 0.220 e. The van der Waals surface area contributed by atoms with Crippen LogP contribution in [0.25, 0.3) is 0 Å². The molecule has 0 saturated carbocycles. The van der Waals surface area contributed by atoms with Gasteiger partial charge in [-0.1, -0.05) is 0 Å². The molecule has 0 aliphatic heterocycles. The van der Waals surface area contributed by atoms with E-state index >= 15 is 0 Å². The third-order valence-electron chi connectivity index (χ3n) is 2.58. The van der Waals surface area contributed by atoms with Crippen molar-refractivity contribution in [3.63, 3.8) is 0 Å². The van der Waals surface area contributed by atoms with Crippen LogP contribution in [0.15, 0.2) is 0 Å². The molecule has 1 unspecified atom stereocenters. The Hall–Kier alpha value is -1.14. The number of aliphatic hydroxyl groups is 1. The summed E-state index contributed by atoms with van der Waals surface area (Å²) in [5, 5.41) is 22.1. The van der Waals surface area contributed by atoms with Gasteiger partial charge in [0.1, 0.15) is 12.6 Å². The Bertz CT molecular complexity index is 277. The van der Waals surface area contributed by atoms with E-state index in [1.54, 1.807) is 6.92 Å². The van der Waals surface area contributed by atoms with Gasteiger partial charge in [-0.05, 0) is 13.3 Å². The van der Waals surface area contributed by atoms with E-state index in [0.29, 0.717) is 17.6 Å². The molecule has 0 bridgehead atoms. The van der Waals surface area contributed by atoms with Crippen molar-refractivity contribution in [3.8, 4) is 0 Å². The zero-order chi connectivity index (χ0) is 14.2. The summed E-state index contributed by atoms with van der Waals surface area (Å²) in [6, 6.07) is 0. The van der Waals surface area contributed by atoms with Crippen LogP contribution in [0, 0.1) is 0 Å². The molecule has 0 radical (unpaired) electrons. The molecule has 2 N–H and O–H groups in total. The van der Waals surface area contributed by atoms with Gasteiger partial charge in [0.25, 0.3) is 0 Å². The standard InChI is InChI=1S/C12H24N2O4/c1-10(15)9-14(2,3)8-4-7-13-11(16)5-6-12(17)18/h10,15H,4-9H2,1-3H3,(H-,13,16,17,18). The van der Waals surface area contributed by atoms with E-state index < -0.39 is 5.97 Å². The quantitative estimate of drug-likeness (QED) is 0.389. The number of rotatable bonds is 9. The highest BCUT2D eigenvalue weighted by molar-refractivity contribution is 5.79. The van der Waals surface area contributed by atoms with Crippen LogP contribution in [0.5, 0.6) is 0 Å². The number of carbonyl (C=O) groups is 2. The Balaban J connectivity index is 3.66. The first kappa shape index (κ1) is 16.9. The molecule has 1 amide bonds. The Morgan fingerprint density at radius 1 is 1.33 bits per heavy atom. The topological polar surface area (TPSA) is 89.5 Å². The Kier molecular flexibility index (Phi) is 7.54. The smallest absolute Gasteiger partial charge is 0.220 e. The molecule has 0 heterocycles. The second-order valence-corrected chi connectivity index (χ2v) is 5.27. The number of aliphatic hydroxyl groups excluding tert-OH is 1. The summed E-state index contributed by atoms with van der Waals surface area (Å²) in [4.78, 5) is 21.4. The first-order valence-electron chi connectivity index (χ1n) is 6.19. The number of aliphatic carboxylic acids is 1. The summed E-state index contributed by atoms with van der Waals surface area (Å²) in [6.07, 6.45) is 0.165. The number of carbonyl (C=O) groups excluding carboxylic acids is 2. The molecule has 0 aromatic rings. The van der Waals surface area contributed by atoms with Crippen LogP contribution in [0.2, 0.25) is 0 Å². The van der Waals surface area contributed by atoms with E-state index in [2.05, 4.69) is 5.32 Å². The maximum atomic E-state index is 11.2. The lowest BCUT2D eigenvalue weighted by Crippen LogP contribution is -2.46. The van der Waals surface area contributed by atoms with E-state index in [-0.39, 0.29) is 24.9 Å². The van der Waals surface area contributed by atoms with Crippen molar-refractivity contribution in [2.24, 2.45) is 0 Å². The molecular weight excluding hydrogens is 236 g/mol. The average Bonchev–Trinajstić information content (AvgIpc) is 2.19. The minimum atomic E-state index is -1.21. The summed E-state index contributed by atoms with van der Waals surface area (Å²) in [6.45, 7) is 3.78. The summed E-state index contributed by atoms with van der Waals surface area (Å²) in [5.74, 6) is -1.47. The van der Waals surface area contributed by atoms with Crippen molar-refractivity contribution in [2.45, 2.75) is 32.3 Å². The largest absolute Gasteiger partial charge is 0.550 e. The number of nitrogens with zero attached hydrogens (tertiary/aromatic N) is 1. The van der Waals surface area contributed by atoms with Crippen molar-refractivity contribution in [3.05, 3.63) is 0 Å². The highest BCUT2D eigenvalue weighted by atomic mass is 16.4. The number of carboxylic acids is 1. The summed E-state index contributed by atoms with van der Waals surface area (Å²) >= 11 is 0. The number of quaternary nitrogens is 1. The molecule has 6 nitrogen and oxygen atoms in total. The minimum Gasteiger partial charge on any atom is -0.550 e. The van der Waals surface area contributed by atoms with Gasteiger partial charge < -0.3 is 24.8 Å². The molecule has 0 fully saturated rings. The van der Waals surface area contributed by atoms with E-state index in [9.17, 15) is 19.8 Å². The molecule has 0 aromatic heterocycles. The highest BCUT2D eigenvalue weighted by Gasteiger charge is 2.17. The first-order valence-corrected chi connectivity index (χ1v) is 6.19. The number of nitrogens with one attached hydrogen (secondary N) is 1. The van der Waals surface area contributed by atoms with Gasteiger partial charge in [-0.3, -0.25) is 4.79 Å². The van der Waals surface area contributed by atoms with Crippen LogP contribution in [0.4, 0.5) is 0 Å². The van der Waals surface area contributed by atoms with Crippen molar-refractivity contribution < 1.29 is 24.3 Å². The molecule has 1 atom stereocenters. The summed E-state index contributed by atoms with van der Waals surface area (Å²) in [7, 11) is 4.04. The van der Waals surface area contributed by atoms with Crippen LogP contribution in [-0.2, 0) is 9.59 Å². The van der Waals surface area contributed by atoms with Crippen molar-refractivity contribution in [1.29, 1.82) is 0 Å². The molecule has 0 aliphatic carbocycles. The second kappa shape index (κ2) is 8.05. The van der Waals surface area contributed by atoms with Crippen molar-refractivity contribution >= 4 is 11.9 Å². The highest BCUT2D eigenvalue weighted by Crippen LogP contribution is 2.01. The van der Waals surface area contributed by atoms with Crippen LogP contribution in [-0.4, -0.2) is 61.3 Å². The number of likely N-dealkylation sites (N-methyl/N-ethyl adjacent to an activating group) is 1. The SMILES string of the molecule is CC(O)C[N+](C)(C)CCCNC(=O)CCC(=O)[O-]. The molecule has 18 heavy (non-hydrogen) atoms. The van der Waals surface area contributed by atoms with Crippen LogP contribution < -0.4 is 10.4 Å². The van der Waals surface area contributed by atoms with E-state index in [1.807, 2.05) is 14.1 Å². The second-order valence-electron chi connectivity index (χ2n) is 5.27. The van der Waals surface area contributed by atoms with Crippen molar-refractivity contribution in [2.75, 3.05) is 33.7 Å². The molecule has 106 valence electrons. The molecule has 0 saturated heterocycles. The Morgan fingerprint density at radius 3 is 2.44 bits per heavy atom. The van der Waals surface area contributed by atoms with Gasteiger partial charge in [-0.2, -0.15) is 0 Å². The zero-order valence-electron chi connectivity index (χ0n) is 11.4. The van der Waals surface area contributed by atoms with Crippen molar-refractivity contribution in [1.82, 2.24) is 5.32 Å². The zero-order valence-corrected chi connectivity index (χ0v) is 11.4. The lowest BCUT2D eigenvalue weighted by atomic mass is 10.2. The Labute approximate surface area is 108 Å². The van der Waals surface area contributed by atoms with Gasteiger partial charge in [0.2, 0.25) is 5.91 Å². The van der Waals surface area contributed by atoms with Gasteiger partial charge in [0.15, 0.2) is 0 Å². The molecule has 6 heteroatoms. The van der Waals surface area contributed by atoms with E-state index in [0.717, 1.165) is 13.0 Å². The maximum absolute atomic E-state index is 11.2. The monoisotopic (exact) mass is 260 g/mol. The fourth-order valence-corrected chi connectivity index (χ4v) is 1.85. The number of amides is 1. The molecule has 0 rings (SSSR count). The lowest BCUT2D eigenvalue weighted by Gasteiger charge is -2.31. The number of hydrogen-bond donors (Lipinski definition) is 2. The van der Waals surface area contributed by atoms with E-state index in [4.69, 9.17) is 0 Å². The van der Waals surface area contributed by atoms with Crippen LogP contribution in [0.3, 0.4) is 0 Å². The number of hydrogen-bond acceptors (Lipinski definition) is 4. The van der Waals surface area contributed by atoms with Gasteiger partial charge in [0.05, 0.1) is 20.6 Å². The molecule has 0 aromatic carbocycles. The molecule has 0 aliphatic rings. The third kappa shape index (κ3) is 10.0. The third-order valence-corrected chi connectivity index (χ3v) is 2.58. The fourth-order valence-electron chi connectivity index (χ4n) is 1.85.